The quantitative estimate of drug-likeness (QED) is 0.745. The molecule has 2 rings (SSSR count). The third kappa shape index (κ3) is 5.69. The van der Waals surface area contributed by atoms with Gasteiger partial charge in [0.15, 0.2) is 0 Å². The SMILES string of the molecule is C=CCN(Cc1cccc(OCC)c1)C(=O)C[C@@H]1CNCCO1. The molecule has 0 bridgehead atoms. The van der Waals surface area contributed by atoms with Crippen molar-refractivity contribution in [1.82, 2.24) is 10.2 Å². The number of hydrogen-bond donors (Lipinski definition) is 1. The lowest BCUT2D eigenvalue weighted by Crippen LogP contribution is -2.42. The molecule has 1 fully saturated rings. The first-order chi connectivity index (χ1) is 11.2. The zero-order chi connectivity index (χ0) is 16.5. The van der Waals surface area contributed by atoms with Gasteiger partial charge >= 0.3 is 0 Å². The Morgan fingerprint density at radius 1 is 1.57 bits per heavy atom. The number of carbonyl (C=O) groups excluding carboxylic acids is 1. The summed E-state index contributed by atoms with van der Waals surface area (Å²) in [5.41, 5.74) is 1.05. The van der Waals surface area contributed by atoms with Crippen molar-refractivity contribution in [3.05, 3.63) is 42.5 Å². The summed E-state index contributed by atoms with van der Waals surface area (Å²) in [7, 11) is 0. The van der Waals surface area contributed by atoms with Gasteiger partial charge in [-0.15, -0.1) is 6.58 Å². The first-order valence-electron chi connectivity index (χ1n) is 8.15. The van der Waals surface area contributed by atoms with E-state index >= 15 is 0 Å². The van der Waals surface area contributed by atoms with Crippen LogP contribution in [0.2, 0.25) is 0 Å². The molecule has 0 radical (unpaired) electrons. The van der Waals surface area contributed by atoms with E-state index in [0.29, 0.717) is 32.7 Å². The van der Waals surface area contributed by atoms with Crippen LogP contribution in [0.25, 0.3) is 0 Å². The molecule has 1 amide bonds. The second-order valence-electron chi connectivity index (χ2n) is 5.54. The topological polar surface area (TPSA) is 50.8 Å². The summed E-state index contributed by atoms with van der Waals surface area (Å²) in [4.78, 5) is 14.4. The Kier molecular flexibility index (Phi) is 7.10. The molecule has 5 nitrogen and oxygen atoms in total. The highest BCUT2D eigenvalue weighted by molar-refractivity contribution is 5.77. The Labute approximate surface area is 138 Å². The standard InChI is InChI=1S/C18H26N2O3/c1-3-9-20(18(21)12-17-13-19-8-10-23-17)14-15-6-5-7-16(11-15)22-4-2/h3,5-7,11,17,19H,1,4,8-10,12-14H2,2H3/t17-/m1/s1. The fraction of sp³-hybridized carbons (Fsp3) is 0.500. The lowest BCUT2D eigenvalue weighted by Gasteiger charge is -2.27. The summed E-state index contributed by atoms with van der Waals surface area (Å²) in [6, 6.07) is 7.86. The van der Waals surface area contributed by atoms with E-state index in [2.05, 4.69) is 11.9 Å². The van der Waals surface area contributed by atoms with Crippen LogP contribution in [0.15, 0.2) is 36.9 Å². The van der Waals surface area contributed by atoms with Crippen LogP contribution in [0.3, 0.4) is 0 Å². The van der Waals surface area contributed by atoms with Crippen LogP contribution >= 0.6 is 0 Å². The molecule has 126 valence electrons. The first kappa shape index (κ1) is 17.5. The molecule has 1 atom stereocenters. The van der Waals surface area contributed by atoms with E-state index in [1.807, 2.05) is 31.2 Å². The predicted molar refractivity (Wildman–Crippen MR) is 90.5 cm³/mol. The molecule has 23 heavy (non-hydrogen) atoms. The highest BCUT2D eigenvalue weighted by Gasteiger charge is 2.21. The third-order valence-electron chi connectivity index (χ3n) is 3.69. The Balaban J connectivity index is 1.97. The Bertz CT molecular complexity index is 513. The minimum Gasteiger partial charge on any atom is -0.494 e. The number of benzene rings is 1. The van der Waals surface area contributed by atoms with E-state index in [0.717, 1.165) is 24.4 Å². The molecule has 1 saturated heterocycles. The van der Waals surface area contributed by atoms with Gasteiger partial charge in [0.05, 0.1) is 25.7 Å². The highest BCUT2D eigenvalue weighted by atomic mass is 16.5. The Morgan fingerprint density at radius 3 is 3.13 bits per heavy atom. The van der Waals surface area contributed by atoms with Crippen molar-refractivity contribution in [3.63, 3.8) is 0 Å². The molecule has 1 aliphatic heterocycles. The van der Waals surface area contributed by atoms with E-state index in [1.54, 1.807) is 11.0 Å². The average Bonchev–Trinajstić information content (AvgIpc) is 2.56. The van der Waals surface area contributed by atoms with Gasteiger partial charge in [-0.1, -0.05) is 18.2 Å². The lowest BCUT2D eigenvalue weighted by molar-refractivity contribution is -0.134. The van der Waals surface area contributed by atoms with E-state index in [-0.39, 0.29) is 12.0 Å². The van der Waals surface area contributed by atoms with Gasteiger partial charge in [-0.05, 0) is 24.6 Å². The molecule has 1 aliphatic rings. The van der Waals surface area contributed by atoms with Crippen LogP contribution in [-0.2, 0) is 16.1 Å². The van der Waals surface area contributed by atoms with Gasteiger partial charge in [0.25, 0.3) is 0 Å². The van der Waals surface area contributed by atoms with Crippen LogP contribution in [-0.4, -0.2) is 49.8 Å². The highest BCUT2D eigenvalue weighted by Crippen LogP contribution is 2.16. The van der Waals surface area contributed by atoms with E-state index in [9.17, 15) is 4.79 Å². The molecule has 0 aliphatic carbocycles. The van der Waals surface area contributed by atoms with Crippen LogP contribution < -0.4 is 10.1 Å². The number of amides is 1. The van der Waals surface area contributed by atoms with Crippen molar-refractivity contribution in [3.8, 4) is 5.75 Å². The van der Waals surface area contributed by atoms with Gasteiger partial charge < -0.3 is 19.7 Å². The number of ether oxygens (including phenoxy) is 2. The van der Waals surface area contributed by atoms with Gasteiger partial charge in [0.2, 0.25) is 5.91 Å². The summed E-state index contributed by atoms with van der Waals surface area (Å²) in [6.45, 7) is 9.66. The smallest absolute Gasteiger partial charge is 0.225 e. The largest absolute Gasteiger partial charge is 0.494 e. The van der Waals surface area contributed by atoms with E-state index in [4.69, 9.17) is 9.47 Å². The molecule has 0 aromatic heterocycles. The van der Waals surface area contributed by atoms with E-state index in [1.165, 1.54) is 0 Å². The normalized spacial score (nSPS) is 17.5. The summed E-state index contributed by atoms with van der Waals surface area (Å²) < 4.78 is 11.1. The van der Waals surface area contributed by atoms with E-state index < -0.39 is 0 Å². The molecule has 1 aromatic rings. The molecule has 5 heteroatoms. The molecule has 0 saturated carbocycles. The van der Waals surface area contributed by atoms with Crippen molar-refractivity contribution < 1.29 is 14.3 Å². The van der Waals surface area contributed by atoms with Gasteiger partial charge in [-0.3, -0.25) is 4.79 Å². The minimum atomic E-state index is -0.0432. The van der Waals surface area contributed by atoms with Crippen molar-refractivity contribution in [1.29, 1.82) is 0 Å². The Hall–Kier alpha value is -1.85. The lowest BCUT2D eigenvalue weighted by atomic mass is 10.1. The first-order valence-corrected chi connectivity index (χ1v) is 8.15. The molecule has 0 spiro atoms. The summed E-state index contributed by atoms with van der Waals surface area (Å²) in [5.74, 6) is 0.913. The van der Waals surface area contributed by atoms with Crippen LogP contribution in [0, 0.1) is 0 Å². The molecular formula is C18H26N2O3. The fourth-order valence-corrected chi connectivity index (χ4v) is 2.61. The van der Waals surface area contributed by atoms with Crippen LogP contribution in [0.4, 0.5) is 0 Å². The number of carbonyl (C=O) groups is 1. The van der Waals surface area contributed by atoms with Gasteiger partial charge in [-0.2, -0.15) is 0 Å². The summed E-state index contributed by atoms with van der Waals surface area (Å²) in [6.07, 6.45) is 2.11. The monoisotopic (exact) mass is 318 g/mol. The summed E-state index contributed by atoms with van der Waals surface area (Å²) in [5, 5.41) is 3.25. The molecule has 1 heterocycles. The summed E-state index contributed by atoms with van der Waals surface area (Å²) >= 11 is 0. The fourth-order valence-electron chi connectivity index (χ4n) is 2.61. The maximum absolute atomic E-state index is 12.6. The number of nitrogens with zero attached hydrogens (tertiary/aromatic N) is 1. The van der Waals surface area contributed by atoms with Crippen LogP contribution in [0.1, 0.15) is 18.9 Å². The van der Waals surface area contributed by atoms with Gasteiger partial charge in [-0.25, -0.2) is 0 Å². The van der Waals surface area contributed by atoms with Gasteiger partial charge in [0.1, 0.15) is 5.75 Å². The maximum atomic E-state index is 12.6. The number of morpholine rings is 1. The zero-order valence-corrected chi connectivity index (χ0v) is 13.8. The van der Waals surface area contributed by atoms with Crippen LogP contribution in [0.5, 0.6) is 5.75 Å². The molecular weight excluding hydrogens is 292 g/mol. The second-order valence-corrected chi connectivity index (χ2v) is 5.54. The zero-order valence-electron chi connectivity index (χ0n) is 13.8. The number of hydrogen-bond acceptors (Lipinski definition) is 4. The molecule has 0 unspecified atom stereocenters. The Morgan fingerprint density at radius 2 is 2.43 bits per heavy atom. The average molecular weight is 318 g/mol. The third-order valence-corrected chi connectivity index (χ3v) is 3.69. The second kappa shape index (κ2) is 9.33. The van der Waals surface area contributed by atoms with Crippen molar-refractivity contribution in [2.75, 3.05) is 32.8 Å². The maximum Gasteiger partial charge on any atom is 0.225 e. The number of nitrogens with one attached hydrogen (secondary N) is 1. The predicted octanol–water partition coefficient (Wildman–Crippen LogP) is 1.98. The van der Waals surface area contributed by atoms with Crippen molar-refractivity contribution in [2.24, 2.45) is 0 Å². The van der Waals surface area contributed by atoms with Gasteiger partial charge in [0, 0.05) is 26.2 Å². The molecule has 1 N–H and O–H groups in total. The minimum absolute atomic E-state index is 0.0432. The molecule has 1 aromatic carbocycles. The van der Waals surface area contributed by atoms with Crippen molar-refractivity contribution in [2.45, 2.75) is 26.0 Å². The number of rotatable bonds is 8. The van der Waals surface area contributed by atoms with Crippen molar-refractivity contribution >= 4 is 5.91 Å².